The molecule has 1 aromatic rings. The van der Waals surface area contributed by atoms with Crippen molar-refractivity contribution in [1.82, 2.24) is 9.62 Å². The summed E-state index contributed by atoms with van der Waals surface area (Å²) in [5.41, 5.74) is -0.338. The lowest BCUT2D eigenvalue weighted by Gasteiger charge is -2.52. The van der Waals surface area contributed by atoms with Crippen LogP contribution < -0.4 is 10.2 Å². The van der Waals surface area contributed by atoms with Gasteiger partial charge in [-0.25, -0.2) is 8.42 Å². The Morgan fingerprint density at radius 1 is 1.09 bits per heavy atom. The Bertz CT molecular complexity index is 1010. The van der Waals surface area contributed by atoms with Gasteiger partial charge in [-0.2, -0.15) is 4.31 Å². The van der Waals surface area contributed by atoms with E-state index >= 15 is 0 Å². The molecule has 34 heavy (non-hydrogen) atoms. The first-order chi connectivity index (χ1) is 15.8. The zero-order valence-corrected chi connectivity index (χ0v) is 21.7. The molecule has 2 fully saturated rings. The maximum Gasteiger partial charge on any atom is 0.243 e. The number of carbonyl (C=O) groups is 2. The van der Waals surface area contributed by atoms with Gasteiger partial charge in [0.05, 0.1) is 4.90 Å². The normalized spacial score (nSPS) is 21.6. The molecule has 3 rings (SSSR count). The highest BCUT2D eigenvalue weighted by Gasteiger charge is 2.50. The molecule has 2 saturated heterocycles. The summed E-state index contributed by atoms with van der Waals surface area (Å²) in [5.74, 6) is -0.321. The van der Waals surface area contributed by atoms with Crippen molar-refractivity contribution in [1.29, 1.82) is 0 Å². The van der Waals surface area contributed by atoms with Crippen LogP contribution in [0.5, 0.6) is 0 Å². The lowest BCUT2D eigenvalue weighted by Crippen LogP contribution is -2.64. The number of piperidine rings is 1. The summed E-state index contributed by atoms with van der Waals surface area (Å²) < 4.78 is 33.9. The van der Waals surface area contributed by atoms with Gasteiger partial charge in [0.1, 0.15) is 0 Å². The van der Waals surface area contributed by atoms with Gasteiger partial charge in [0.25, 0.3) is 0 Å². The number of amides is 2. The lowest BCUT2D eigenvalue weighted by atomic mass is 9.67. The number of ether oxygens (including phenoxy) is 1. The molecule has 1 aromatic carbocycles. The van der Waals surface area contributed by atoms with E-state index in [2.05, 4.69) is 11.9 Å². The Labute approximate surface area is 203 Å². The quantitative estimate of drug-likeness (QED) is 0.618. The number of carbonyl (C=O) groups excluding carboxylic acids is 2. The molecule has 0 bridgehead atoms. The van der Waals surface area contributed by atoms with Crippen LogP contribution in [0.3, 0.4) is 0 Å². The number of benzene rings is 1. The van der Waals surface area contributed by atoms with Crippen LogP contribution in [0.1, 0.15) is 40.5 Å². The zero-order chi connectivity index (χ0) is 25.3. The fourth-order valence-electron chi connectivity index (χ4n) is 5.30. The Balaban J connectivity index is 1.79. The zero-order valence-electron chi connectivity index (χ0n) is 20.8. The van der Waals surface area contributed by atoms with Crippen LogP contribution in [0.4, 0.5) is 5.69 Å². The van der Waals surface area contributed by atoms with E-state index in [0.29, 0.717) is 31.7 Å². The number of hydrogen-bond donors (Lipinski definition) is 1. The van der Waals surface area contributed by atoms with Crippen LogP contribution >= 0.6 is 0 Å². The average Bonchev–Trinajstić information content (AvgIpc) is 2.80. The van der Waals surface area contributed by atoms with E-state index in [4.69, 9.17) is 4.74 Å². The highest BCUT2D eigenvalue weighted by Crippen LogP contribution is 2.42. The third-order valence-electron chi connectivity index (χ3n) is 6.97. The molecule has 0 unspecified atom stereocenters. The minimum atomic E-state index is -3.76. The highest BCUT2D eigenvalue weighted by molar-refractivity contribution is 7.89. The number of anilines is 1. The van der Waals surface area contributed by atoms with Gasteiger partial charge in [-0.15, -0.1) is 0 Å². The van der Waals surface area contributed by atoms with Crippen LogP contribution in [-0.4, -0.2) is 63.9 Å². The van der Waals surface area contributed by atoms with Gasteiger partial charge >= 0.3 is 0 Å². The van der Waals surface area contributed by atoms with Crippen LogP contribution in [-0.2, 0) is 24.3 Å². The van der Waals surface area contributed by atoms with Crippen LogP contribution in [0, 0.1) is 16.7 Å². The number of sulfonamides is 1. The number of nitrogens with zero attached hydrogens (tertiary/aromatic N) is 2. The first-order valence-corrected chi connectivity index (χ1v) is 13.1. The van der Waals surface area contributed by atoms with E-state index in [9.17, 15) is 18.0 Å². The lowest BCUT2D eigenvalue weighted by molar-refractivity contribution is -0.125. The molecule has 0 aliphatic carbocycles. The van der Waals surface area contributed by atoms with Crippen molar-refractivity contribution in [2.75, 3.05) is 38.3 Å². The molecule has 2 aliphatic rings. The monoisotopic (exact) mass is 491 g/mol. The van der Waals surface area contributed by atoms with Gasteiger partial charge in [-0.3, -0.25) is 9.59 Å². The van der Waals surface area contributed by atoms with E-state index in [1.807, 2.05) is 27.7 Å². The molecule has 0 radical (unpaired) electrons. The molecule has 8 nitrogen and oxygen atoms in total. The summed E-state index contributed by atoms with van der Waals surface area (Å²) in [6, 6.07) is 6.26. The Morgan fingerprint density at radius 2 is 1.62 bits per heavy atom. The SMILES string of the molecule is C=CC(=O)NC1C(C)(C)CN(S(=O)(=O)c2ccc(N(C)C(=O)C3CCOCC3)cc2)CC1(C)C. The highest BCUT2D eigenvalue weighted by atomic mass is 32.2. The van der Waals surface area contributed by atoms with Gasteiger partial charge in [0.2, 0.25) is 21.8 Å². The number of nitrogens with one attached hydrogen (secondary N) is 1. The molecule has 2 heterocycles. The van der Waals surface area contributed by atoms with E-state index in [1.54, 1.807) is 36.2 Å². The van der Waals surface area contributed by atoms with Crippen LogP contribution in [0.25, 0.3) is 0 Å². The largest absolute Gasteiger partial charge is 0.381 e. The Hall–Kier alpha value is -2.23. The molecule has 0 atom stereocenters. The summed E-state index contributed by atoms with van der Waals surface area (Å²) in [7, 11) is -2.05. The standard InChI is InChI=1S/C25H37N3O5S/c1-7-21(29)26-23-24(2,3)16-28(17-25(23,4)5)34(31,32)20-10-8-19(9-11-20)27(6)22(30)18-12-14-33-15-13-18/h7-11,18,23H,1,12-17H2,2-6H3,(H,26,29). The molecule has 0 saturated carbocycles. The molecule has 2 amide bonds. The molecule has 1 N–H and O–H groups in total. The minimum Gasteiger partial charge on any atom is -0.381 e. The van der Waals surface area contributed by atoms with Crippen LogP contribution in [0.15, 0.2) is 41.8 Å². The van der Waals surface area contributed by atoms with Crippen LogP contribution in [0.2, 0.25) is 0 Å². The second-order valence-corrected chi connectivity index (χ2v) is 12.6. The third kappa shape index (κ3) is 5.37. The van der Waals surface area contributed by atoms with E-state index in [-0.39, 0.29) is 41.8 Å². The fourth-order valence-corrected chi connectivity index (χ4v) is 7.09. The molecular formula is C25H37N3O5S. The van der Waals surface area contributed by atoms with Crippen molar-refractivity contribution in [2.24, 2.45) is 16.7 Å². The minimum absolute atomic E-state index is 0.0195. The predicted octanol–water partition coefficient (Wildman–Crippen LogP) is 2.80. The maximum atomic E-state index is 13.5. The topological polar surface area (TPSA) is 96.0 Å². The summed E-state index contributed by atoms with van der Waals surface area (Å²) in [5, 5.41) is 2.99. The van der Waals surface area contributed by atoms with Gasteiger partial charge in [-0.1, -0.05) is 34.3 Å². The molecule has 188 valence electrons. The second kappa shape index (κ2) is 9.79. The van der Waals surface area contributed by atoms with Crippen molar-refractivity contribution in [3.8, 4) is 0 Å². The summed E-state index contributed by atoms with van der Waals surface area (Å²) in [6.07, 6.45) is 2.63. The smallest absolute Gasteiger partial charge is 0.243 e. The number of hydrogen-bond acceptors (Lipinski definition) is 5. The number of rotatable bonds is 6. The average molecular weight is 492 g/mol. The van der Waals surface area contributed by atoms with Gasteiger partial charge in [0.15, 0.2) is 0 Å². The van der Waals surface area contributed by atoms with E-state index < -0.39 is 20.9 Å². The Kier molecular flexibility index (Phi) is 7.60. The fraction of sp³-hybridized carbons (Fsp3) is 0.600. The first kappa shape index (κ1) is 26.4. The summed E-state index contributed by atoms with van der Waals surface area (Å²) >= 11 is 0. The van der Waals surface area contributed by atoms with Crippen molar-refractivity contribution in [2.45, 2.75) is 51.5 Å². The summed E-state index contributed by atoms with van der Waals surface area (Å²) in [4.78, 5) is 26.6. The summed E-state index contributed by atoms with van der Waals surface area (Å²) in [6.45, 7) is 13.1. The molecule has 0 aromatic heterocycles. The molecular weight excluding hydrogens is 454 g/mol. The third-order valence-corrected chi connectivity index (χ3v) is 8.77. The first-order valence-electron chi connectivity index (χ1n) is 11.7. The van der Waals surface area contributed by atoms with Gasteiger partial charge in [0, 0.05) is 51.0 Å². The second-order valence-electron chi connectivity index (χ2n) is 10.7. The van der Waals surface area contributed by atoms with E-state index in [0.717, 1.165) is 0 Å². The van der Waals surface area contributed by atoms with Crippen molar-refractivity contribution < 1.29 is 22.7 Å². The van der Waals surface area contributed by atoms with Gasteiger partial charge < -0.3 is 15.0 Å². The molecule has 0 spiro atoms. The van der Waals surface area contributed by atoms with E-state index in [1.165, 1.54) is 10.4 Å². The molecule has 2 aliphatic heterocycles. The van der Waals surface area contributed by atoms with Crippen molar-refractivity contribution >= 4 is 27.5 Å². The predicted molar refractivity (Wildman–Crippen MR) is 132 cm³/mol. The van der Waals surface area contributed by atoms with Crippen molar-refractivity contribution in [3.63, 3.8) is 0 Å². The molecule has 9 heteroatoms. The maximum absolute atomic E-state index is 13.5. The Morgan fingerprint density at radius 3 is 2.12 bits per heavy atom. The van der Waals surface area contributed by atoms with Crippen molar-refractivity contribution in [3.05, 3.63) is 36.9 Å². The van der Waals surface area contributed by atoms with Gasteiger partial charge in [-0.05, 0) is 54.0 Å².